The van der Waals surface area contributed by atoms with Crippen LogP contribution in [0.5, 0.6) is 0 Å². The fourth-order valence-corrected chi connectivity index (χ4v) is 9.23. The maximum absolute atomic E-state index is 12.0. The first kappa shape index (κ1) is 34.6. The van der Waals surface area contributed by atoms with E-state index in [0.717, 1.165) is 62.0 Å². The maximum atomic E-state index is 12.0. The van der Waals surface area contributed by atoms with Crippen LogP contribution in [0, 0.1) is 17.8 Å². The zero-order chi connectivity index (χ0) is 29.6. The van der Waals surface area contributed by atoms with Gasteiger partial charge in [-0.1, -0.05) is 19.3 Å². The molecular formula is C23H36F6O7S3. The molecule has 0 aliphatic heterocycles. The number of hydrogen-bond donors (Lipinski definition) is 0. The van der Waals surface area contributed by atoms with Gasteiger partial charge in [-0.3, -0.25) is 8.98 Å². The zero-order valence-electron chi connectivity index (χ0n) is 21.6. The summed E-state index contributed by atoms with van der Waals surface area (Å²) in [6.07, 6.45) is 17.2. The van der Waals surface area contributed by atoms with Crippen molar-refractivity contribution in [1.82, 2.24) is 0 Å². The summed E-state index contributed by atoms with van der Waals surface area (Å²) in [5.41, 5.74) is -10.9. The summed E-state index contributed by atoms with van der Waals surface area (Å²) in [4.78, 5) is 12.0. The predicted octanol–water partition coefficient (Wildman–Crippen LogP) is 5.42. The molecule has 7 nitrogen and oxygen atoms in total. The number of carbonyl (C=O) groups is 1. The van der Waals surface area contributed by atoms with Crippen LogP contribution in [0.15, 0.2) is 0 Å². The van der Waals surface area contributed by atoms with Gasteiger partial charge in [0.15, 0.2) is 21.2 Å². The van der Waals surface area contributed by atoms with E-state index in [1.807, 2.05) is 0 Å². The molecule has 5 unspecified atom stereocenters. The van der Waals surface area contributed by atoms with Crippen LogP contribution < -0.4 is 0 Å². The third kappa shape index (κ3) is 10.3. The van der Waals surface area contributed by atoms with Gasteiger partial charge in [0.1, 0.15) is 5.25 Å². The molecule has 0 spiro atoms. The van der Waals surface area contributed by atoms with Crippen molar-refractivity contribution in [2.75, 3.05) is 12.9 Å². The molecule has 0 aromatic carbocycles. The SMILES string of the molecule is C[S+](C1CCCCC1=O)C1CC2CCC1C2.O=S(=O)(OCC1CCCCC1)C(F)(F)F.O=S(=O)([O-])C(F)(F)F. The van der Waals surface area contributed by atoms with E-state index in [-0.39, 0.29) is 12.5 Å². The highest BCUT2D eigenvalue weighted by Gasteiger charge is 2.51. The van der Waals surface area contributed by atoms with Gasteiger partial charge in [0, 0.05) is 18.8 Å². The molecule has 0 saturated heterocycles. The molecule has 4 aliphatic rings. The number of hydrogen-bond acceptors (Lipinski definition) is 7. The number of fused-ring (bicyclic) bond motifs is 2. The molecular weight excluding hydrogens is 598 g/mol. The first-order valence-corrected chi connectivity index (χ1v) is 17.5. The summed E-state index contributed by atoms with van der Waals surface area (Å²) in [6, 6.07) is 0. The molecule has 0 heterocycles. The quantitative estimate of drug-likeness (QED) is 0.130. The first-order valence-electron chi connectivity index (χ1n) is 13.0. The Morgan fingerprint density at radius 2 is 1.41 bits per heavy atom. The van der Waals surface area contributed by atoms with Crippen molar-refractivity contribution in [3.63, 3.8) is 0 Å². The fourth-order valence-electron chi connectivity index (χ4n) is 5.80. The Hall–Kier alpha value is -0.580. The molecule has 0 radical (unpaired) electrons. The Morgan fingerprint density at radius 3 is 1.85 bits per heavy atom. The summed E-state index contributed by atoms with van der Waals surface area (Å²) in [7, 11) is -11.1. The van der Waals surface area contributed by atoms with E-state index in [0.29, 0.717) is 21.9 Å². The van der Waals surface area contributed by atoms with Crippen LogP contribution in [-0.2, 0) is 40.1 Å². The molecule has 0 aromatic rings. The van der Waals surface area contributed by atoms with Gasteiger partial charge in [0.2, 0.25) is 0 Å². The third-order valence-electron chi connectivity index (χ3n) is 7.85. The Morgan fingerprint density at radius 1 is 0.846 bits per heavy atom. The second-order valence-corrected chi connectivity index (χ2v) is 16.0. The summed E-state index contributed by atoms with van der Waals surface area (Å²) < 4.78 is 120. The lowest BCUT2D eigenvalue weighted by Gasteiger charge is -2.27. The highest BCUT2D eigenvalue weighted by Crippen LogP contribution is 2.48. The summed E-state index contributed by atoms with van der Waals surface area (Å²) in [5, 5.41) is 1.38. The van der Waals surface area contributed by atoms with Crippen molar-refractivity contribution < 1.29 is 56.7 Å². The van der Waals surface area contributed by atoms with Crippen molar-refractivity contribution in [2.45, 2.75) is 105 Å². The molecule has 5 atom stereocenters. The third-order valence-corrected chi connectivity index (χ3v) is 12.4. The number of rotatable bonds is 5. The monoisotopic (exact) mass is 634 g/mol. The van der Waals surface area contributed by atoms with Crippen LogP contribution in [0.4, 0.5) is 26.3 Å². The number of halogens is 6. The molecule has 2 bridgehead atoms. The second kappa shape index (κ2) is 14.1. The van der Waals surface area contributed by atoms with E-state index in [4.69, 9.17) is 13.0 Å². The minimum Gasteiger partial charge on any atom is -0.741 e. The zero-order valence-corrected chi connectivity index (χ0v) is 24.1. The minimum absolute atomic E-state index is 0.0594. The molecule has 16 heteroatoms. The predicted molar refractivity (Wildman–Crippen MR) is 133 cm³/mol. The Balaban J connectivity index is 0.000000218. The van der Waals surface area contributed by atoms with E-state index in [1.165, 1.54) is 38.5 Å². The molecule has 4 saturated carbocycles. The van der Waals surface area contributed by atoms with Gasteiger partial charge in [-0.15, -0.1) is 0 Å². The molecule has 0 aromatic heterocycles. The van der Waals surface area contributed by atoms with Crippen molar-refractivity contribution in [2.24, 2.45) is 17.8 Å². The number of carbonyl (C=O) groups excluding carboxylic acids is 1. The largest absolute Gasteiger partial charge is 0.741 e. The topological polar surface area (TPSA) is 118 Å². The minimum atomic E-state index is -6.09. The smallest absolute Gasteiger partial charge is 0.523 e. The van der Waals surface area contributed by atoms with Crippen molar-refractivity contribution in [3.05, 3.63) is 0 Å². The van der Waals surface area contributed by atoms with E-state index in [9.17, 15) is 39.6 Å². The van der Waals surface area contributed by atoms with E-state index >= 15 is 0 Å². The highest BCUT2D eigenvalue weighted by molar-refractivity contribution is 7.98. The van der Waals surface area contributed by atoms with E-state index in [2.05, 4.69) is 10.4 Å². The van der Waals surface area contributed by atoms with Crippen LogP contribution in [-0.4, -0.2) is 61.6 Å². The number of Topliss-reactive ketones (excluding diaryl/α,β-unsaturated/α-hetero) is 1. The Kier molecular flexibility index (Phi) is 12.5. The van der Waals surface area contributed by atoms with E-state index in [1.54, 1.807) is 0 Å². The van der Waals surface area contributed by atoms with Crippen molar-refractivity contribution in [1.29, 1.82) is 0 Å². The average molecular weight is 635 g/mol. The average Bonchev–Trinajstić information content (AvgIpc) is 3.46. The van der Waals surface area contributed by atoms with Gasteiger partial charge < -0.3 is 4.55 Å². The Bertz CT molecular complexity index is 1010. The first-order chi connectivity index (χ1) is 17.8. The normalized spacial score (nSPS) is 29.2. The van der Waals surface area contributed by atoms with Gasteiger partial charge in [-0.2, -0.15) is 34.8 Å². The van der Waals surface area contributed by atoms with E-state index < -0.39 is 31.3 Å². The highest BCUT2D eigenvalue weighted by atomic mass is 32.2. The van der Waals surface area contributed by atoms with Crippen LogP contribution in [0.3, 0.4) is 0 Å². The number of ketones is 1. The Labute approximate surface area is 229 Å². The summed E-state index contributed by atoms with van der Waals surface area (Å²) >= 11 is 0. The molecule has 4 fully saturated rings. The lowest BCUT2D eigenvalue weighted by molar-refractivity contribution is -0.119. The maximum Gasteiger partial charge on any atom is 0.523 e. The summed E-state index contributed by atoms with van der Waals surface area (Å²) in [6.45, 7) is -0.345. The van der Waals surface area contributed by atoms with Crippen LogP contribution in [0.25, 0.3) is 0 Å². The number of alkyl halides is 6. The van der Waals surface area contributed by atoms with Gasteiger partial charge in [0.25, 0.3) is 0 Å². The van der Waals surface area contributed by atoms with Gasteiger partial charge >= 0.3 is 21.1 Å². The van der Waals surface area contributed by atoms with Crippen molar-refractivity contribution in [3.8, 4) is 0 Å². The molecule has 0 N–H and O–H groups in total. The van der Waals surface area contributed by atoms with Crippen molar-refractivity contribution >= 4 is 36.9 Å². The fraction of sp³-hybridized carbons (Fsp3) is 0.957. The van der Waals surface area contributed by atoms with Gasteiger partial charge in [0.05, 0.1) is 12.9 Å². The molecule has 230 valence electrons. The molecule has 0 amide bonds. The molecule has 4 aliphatic carbocycles. The standard InChI is InChI=1S/C14H23OS.C8H13F3O3S.CHF3O3S/c1-16(13-5-3-2-4-12(13)15)14-9-10-6-7-11(14)8-10;9-8(10,11)15(12,13)14-6-7-4-2-1-3-5-7;2-1(3,4)8(5,6)7/h10-11,13-14H,2-9H2,1H3;7H,1-6H2;(H,5,6,7)/q+1;;/p-1. The van der Waals surface area contributed by atoms with Crippen LogP contribution in [0.1, 0.15) is 83.5 Å². The lowest BCUT2D eigenvalue weighted by Crippen LogP contribution is -2.41. The van der Waals surface area contributed by atoms with Gasteiger partial charge in [-0.25, -0.2) is 8.42 Å². The lowest BCUT2D eigenvalue weighted by atomic mass is 9.90. The summed E-state index contributed by atoms with van der Waals surface area (Å²) in [5.74, 6) is 2.56. The van der Waals surface area contributed by atoms with Crippen LogP contribution in [0.2, 0.25) is 0 Å². The van der Waals surface area contributed by atoms with Gasteiger partial charge in [-0.05, 0) is 74.1 Å². The molecule has 39 heavy (non-hydrogen) atoms. The second-order valence-electron chi connectivity index (χ2n) is 10.6. The van der Waals surface area contributed by atoms with Crippen LogP contribution >= 0.6 is 0 Å². The molecule has 4 rings (SSSR count).